The highest BCUT2D eigenvalue weighted by Gasteiger charge is 2.21. The lowest BCUT2D eigenvalue weighted by molar-refractivity contribution is 0.0322. The number of hydrogen-bond donors (Lipinski definition) is 2. The second-order valence-electron chi connectivity index (χ2n) is 5.17. The number of nitrogens with one attached hydrogen (secondary N) is 1. The third-order valence-corrected chi connectivity index (χ3v) is 3.28. The van der Waals surface area contributed by atoms with Crippen molar-refractivity contribution in [3.8, 4) is 5.88 Å². The van der Waals surface area contributed by atoms with Gasteiger partial charge in [0.15, 0.2) is 0 Å². The van der Waals surface area contributed by atoms with Crippen molar-refractivity contribution in [2.75, 3.05) is 6.54 Å². The molecule has 0 atom stereocenters. The summed E-state index contributed by atoms with van der Waals surface area (Å²) >= 11 is 0. The first-order valence-corrected chi connectivity index (χ1v) is 7.04. The van der Waals surface area contributed by atoms with Crippen LogP contribution in [0.25, 0.3) is 0 Å². The van der Waals surface area contributed by atoms with E-state index in [0.717, 1.165) is 18.4 Å². The molecular formula is C15H26N2O2. The number of nitrogens with zero attached hydrogens (tertiary/aromatic N) is 1. The Hall–Kier alpha value is -1.13. The van der Waals surface area contributed by atoms with E-state index in [9.17, 15) is 5.11 Å². The van der Waals surface area contributed by atoms with E-state index in [1.54, 1.807) is 6.20 Å². The number of hydrogen-bond acceptors (Lipinski definition) is 4. The Morgan fingerprint density at radius 1 is 1.37 bits per heavy atom. The molecule has 19 heavy (non-hydrogen) atoms. The molecule has 0 aliphatic carbocycles. The van der Waals surface area contributed by atoms with Gasteiger partial charge in [0.2, 0.25) is 5.88 Å². The van der Waals surface area contributed by atoms with E-state index < -0.39 is 5.60 Å². The summed E-state index contributed by atoms with van der Waals surface area (Å²) in [6.07, 6.45) is 3.34. The zero-order chi connectivity index (χ0) is 14.3. The van der Waals surface area contributed by atoms with Crippen LogP contribution in [0.2, 0.25) is 0 Å². The standard InChI is InChI=1S/C15H26N2O2/c1-5-15(18,6-2)11-16-10-13-8-7-9-17-14(13)19-12(3)4/h7-9,12,16,18H,5-6,10-11H2,1-4H3. The van der Waals surface area contributed by atoms with Crippen LogP contribution < -0.4 is 10.1 Å². The molecule has 1 rings (SSSR count). The van der Waals surface area contributed by atoms with Crippen molar-refractivity contribution >= 4 is 0 Å². The fourth-order valence-corrected chi connectivity index (χ4v) is 1.82. The van der Waals surface area contributed by atoms with Crippen molar-refractivity contribution in [3.05, 3.63) is 23.9 Å². The van der Waals surface area contributed by atoms with E-state index in [1.165, 1.54) is 0 Å². The van der Waals surface area contributed by atoms with Gasteiger partial charge in [0, 0.05) is 24.8 Å². The molecule has 0 aliphatic rings. The van der Waals surface area contributed by atoms with Crippen molar-refractivity contribution in [2.24, 2.45) is 0 Å². The molecule has 0 aliphatic heterocycles. The summed E-state index contributed by atoms with van der Waals surface area (Å²) in [5.41, 5.74) is 0.395. The minimum atomic E-state index is -0.624. The van der Waals surface area contributed by atoms with E-state index in [0.29, 0.717) is 19.0 Å². The Kier molecular flexibility index (Phi) is 6.25. The predicted molar refractivity (Wildman–Crippen MR) is 77.2 cm³/mol. The van der Waals surface area contributed by atoms with Crippen molar-refractivity contribution < 1.29 is 9.84 Å². The van der Waals surface area contributed by atoms with Gasteiger partial charge in [-0.3, -0.25) is 0 Å². The smallest absolute Gasteiger partial charge is 0.218 e. The zero-order valence-corrected chi connectivity index (χ0v) is 12.4. The Morgan fingerprint density at radius 3 is 2.63 bits per heavy atom. The van der Waals surface area contributed by atoms with Crippen LogP contribution in [-0.2, 0) is 6.54 Å². The second kappa shape index (κ2) is 7.46. The van der Waals surface area contributed by atoms with Crippen molar-refractivity contribution in [3.63, 3.8) is 0 Å². The molecule has 1 aromatic rings. The molecule has 0 spiro atoms. The number of rotatable bonds is 8. The third kappa shape index (κ3) is 5.17. The highest BCUT2D eigenvalue weighted by molar-refractivity contribution is 5.25. The summed E-state index contributed by atoms with van der Waals surface area (Å²) in [5, 5.41) is 13.5. The van der Waals surface area contributed by atoms with Gasteiger partial charge in [-0.15, -0.1) is 0 Å². The lowest BCUT2D eigenvalue weighted by Gasteiger charge is -2.25. The van der Waals surface area contributed by atoms with Gasteiger partial charge in [-0.2, -0.15) is 0 Å². The van der Waals surface area contributed by atoms with Crippen LogP contribution in [0.5, 0.6) is 5.88 Å². The molecule has 108 valence electrons. The van der Waals surface area contributed by atoms with Gasteiger partial charge >= 0.3 is 0 Å². The maximum atomic E-state index is 10.2. The van der Waals surface area contributed by atoms with Crippen LogP contribution in [-0.4, -0.2) is 28.3 Å². The van der Waals surface area contributed by atoms with Crippen LogP contribution in [0, 0.1) is 0 Å². The quantitative estimate of drug-likeness (QED) is 0.759. The number of pyridine rings is 1. The van der Waals surface area contributed by atoms with Gasteiger partial charge in [0.1, 0.15) is 0 Å². The minimum absolute atomic E-state index is 0.108. The fraction of sp³-hybridized carbons (Fsp3) is 0.667. The Balaban J connectivity index is 2.58. The zero-order valence-electron chi connectivity index (χ0n) is 12.4. The van der Waals surface area contributed by atoms with Crippen LogP contribution in [0.1, 0.15) is 46.1 Å². The summed E-state index contributed by atoms with van der Waals surface area (Å²) < 4.78 is 5.67. The summed E-state index contributed by atoms with van der Waals surface area (Å²) in [4.78, 5) is 4.25. The summed E-state index contributed by atoms with van der Waals surface area (Å²) in [7, 11) is 0. The van der Waals surface area contributed by atoms with Crippen molar-refractivity contribution in [2.45, 2.75) is 58.8 Å². The normalized spacial score (nSPS) is 11.9. The molecule has 4 nitrogen and oxygen atoms in total. The molecule has 0 aromatic carbocycles. The lowest BCUT2D eigenvalue weighted by atomic mass is 9.97. The Bertz CT molecular complexity index is 376. The molecule has 1 aromatic heterocycles. The monoisotopic (exact) mass is 266 g/mol. The van der Waals surface area contributed by atoms with E-state index in [-0.39, 0.29) is 6.10 Å². The van der Waals surface area contributed by atoms with Crippen LogP contribution in [0.3, 0.4) is 0 Å². The maximum absolute atomic E-state index is 10.2. The fourth-order valence-electron chi connectivity index (χ4n) is 1.82. The number of aliphatic hydroxyl groups is 1. The second-order valence-corrected chi connectivity index (χ2v) is 5.17. The maximum Gasteiger partial charge on any atom is 0.218 e. The topological polar surface area (TPSA) is 54.4 Å². The van der Waals surface area contributed by atoms with E-state index >= 15 is 0 Å². The molecule has 0 saturated heterocycles. The average molecular weight is 266 g/mol. The summed E-state index contributed by atoms with van der Waals surface area (Å²) in [6.45, 7) is 9.21. The SMILES string of the molecule is CCC(O)(CC)CNCc1cccnc1OC(C)C. The van der Waals surface area contributed by atoms with Crippen LogP contribution in [0.15, 0.2) is 18.3 Å². The van der Waals surface area contributed by atoms with E-state index in [1.807, 2.05) is 39.8 Å². The van der Waals surface area contributed by atoms with Crippen LogP contribution >= 0.6 is 0 Å². The van der Waals surface area contributed by atoms with Crippen LogP contribution in [0.4, 0.5) is 0 Å². The third-order valence-electron chi connectivity index (χ3n) is 3.28. The first-order valence-electron chi connectivity index (χ1n) is 7.04. The highest BCUT2D eigenvalue weighted by atomic mass is 16.5. The molecule has 0 unspecified atom stereocenters. The van der Waals surface area contributed by atoms with Crippen molar-refractivity contribution in [1.82, 2.24) is 10.3 Å². The largest absolute Gasteiger partial charge is 0.475 e. The lowest BCUT2D eigenvalue weighted by Crippen LogP contribution is -2.39. The molecule has 0 bridgehead atoms. The van der Waals surface area contributed by atoms with E-state index in [2.05, 4.69) is 10.3 Å². The molecule has 2 N–H and O–H groups in total. The van der Waals surface area contributed by atoms with Gasteiger partial charge in [-0.05, 0) is 32.8 Å². The molecule has 0 saturated carbocycles. The Labute approximate surface area is 116 Å². The molecule has 1 heterocycles. The summed E-state index contributed by atoms with van der Waals surface area (Å²) in [5.74, 6) is 0.668. The highest BCUT2D eigenvalue weighted by Crippen LogP contribution is 2.17. The number of ether oxygens (including phenoxy) is 1. The van der Waals surface area contributed by atoms with Gasteiger partial charge in [0.05, 0.1) is 11.7 Å². The first kappa shape index (κ1) is 15.9. The Morgan fingerprint density at radius 2 is 2.05 bits per heavy atom. The van der Waals surface area contributed by atoms with Gasteiger partial charge in [0.25, 0.3) is 0 Å². The molecule has 0 fully saturated rings. The van der Waals surface area contributed by atoms with E-state index in [4.69, 9.17) is 4.74 Å². The molecule has 4 heteroatoms. The molecule has 0 radical (unpaired) electrons. The molecular weight excluding hydrogens is 240 g/mol. The minimum Gasteiger partial charge on any atom is -0.475 e. The predicted octanol–water partition coefficient (Wildman–Crippen LogP) is 2.51. The number of aromatic nitrogens is 1. The summed E-state index contributed by atoms with van der Waals surface area (Å²) in [6, 6.07) is 3.89. The van der Waals surface area contributed by atoms with Gasteiger partial charge in [-0.1, -0.05) is 19.9 Å². The van der Waals surface area contributed by atoms with Gasteiger partial charge in [-0.25, -0.2) is 4.98 Å². The first-order chi connectivity index (χ1) is 9.00. The molecule has 0 amide bonds. The van der Waals surface area contributed by atoms with Crippen molar-refractivity contribution in [1.29, 1.82) is 0 Å². The average Bonchev–Trinajstić information content (AvgIpc) is 2.40. The van der Waals surface area contributed by atoms with Gasteiger partial charge < -0.3 is 15.2 Å².